The van der Waals surface area contributed by atoms with Crippen LogP contribution in [0.3, 0.4) is 0 Å². The Labute approximate surface area is 189 Å². The van der Waals surface area contributed by atoms with Crippen LogP contribution in [0.15, 0.2) is 77.2 Å². The van der Waals surface area contributed by atoms with Crippen LogP contribution in [0.1, 0.15) is 25.0 Å². The van der Waals surface area contributed by atoms with Gasteiger partial charge in [0.15, 0.2) is 0 Å². The predicted molar refractivity (Wildman–Crippen MR) is 126 cm³/mol. The molecule has 0 fully saturated rings. The lowest BCUT2D eigenvalue weighted by atomic mass is 10.1. The van der Waals surface area contributed by atoms with Crippen LogP contribution < -0.4 is 5.32 Å². The van der Waals surface area contributed by atoms with Crippen molar-refractivity contribution in [1.82, 2.24) is 4.31 Å². The van der Waals surface area contributed by atoms with Crippen molar-refractivity contribution in [3.05, 3.63) is 83.5 Å². The first-order chi connectivity index (χ1) is 15.3. The Bertz CT molecular complexity index is 1210. The first-order valence-electron chi connectivity index (χ1n) is 10.2. The van der Waals surface area contributed by atoms with Gasteiger partial charge < -0.3 is 10.1 Å². The molecule has 0 aromatic heterocycles. The summed E-state index contributed by atoms with van der Waals surface area (Å²) >= 11 is 0. The summed E-state index contributed by atoms with van der Waals surface area (Å²) in [6.45, 7) is 3.58. The lowest BCUT2D eigenvalue weighted by Gasteiger charge is -2.29. The van der Waals surface area contributed by atoms with E-state index < -0.39 is 16.1 Å². The van der Waals surface area contributed by atoms with Gasteiger partial charge in [0.2, 0.25) is 0 Å². The molecule has 1 N–H and O–H groups in total. The Morgan fingerprint density at radius 2 is 1.97 bits per heavy atom. The molecule has 1 heterocycles. The Kier molecular flexibility index (Phi) is 7.52. The summed E-state index contributed by atoms with van der Waals surface area (Å²) in [5, 5.41) is 2.66. The van der Waals surface area contributed by atoms with Crippen LogP contribution in [0.4, 0.5) is 10.5 Å². The van der Waals surface area contributed by atoms with Crippen LogP contribution in [-0.4, -0.2) is 38.5 Å². The van der Waals surface area contributed by atoms with E-state index in [0.29, 0.717) is 17.6 Å². The number of hydrogen-bond acceptors (Lipinski definition) is 4. The lowest BCUT2D eigenvalue weighted by Crippen LogP contribution is -2.44. The average Bonchev–Trinajstić information content (AvgIpc) is 2.79. The molecule has 32 heavy (non-hydrogen) atoms. The van der Waals surface area contributed by atoms with Crippen molar-refractivity contribution in [2.45, 2.75) is 31.3 Å². The summed E-state index contributed by atoms with van der Waals surface area (Å²) in [6.07, 6.45) is 5.76. The highest BCUT2D eigenvalue weighted by atomic mass is 32.2. The standard InChI is InChI=1S/C25H26N2O4S/c1-4-20(14-13-19(2)31-3)18-27-25(28)26-23-16-15-22(17-24(23)32(27,29)30)12-8-11-21-9-6-5-7-10-21/h4-7,9-10,13-17,19H,11,18H2,1-3H3,(H,26,28)/b14-13-,20-4+. The van der Waals surface area contributed by atoms with Gasteiger partial charge in [-0.2, -0.15) is 0 Å². The number of carbonyl (C=O) groups is 1. The third-order valence-corrected chi connectivity index (χ3v) is 6.80. The summed E-state index contributed by atoms with van der Waals surface area (Å²) < 4.78 is 32.5. The molecule has 6 nitrogen and oxygen atoms in total. The van der Waals surface area contributed by atoms with E-state index in [1.54, 1.807) is 44.4 Å². The first-order valence-corrected chi connectivity index (χ1v) is 11.7. The monoisotopic (exact) mass is 450 g/mol. The number of sulfonamides is 1. The molecule has 2 aromatic rings. The van der Waals surface area contributed by atoms with Crippen molar-refractivity contribution in [3.8, 4) is 11.8 Å². The van der Waals surface area contributed by atoms with Gasteiger partial charge >= 0.3 is 6.03 Å². The molecule has 2 aromatic carbocycles. The second-order valence-electron chi connectivity index (χ2n) is 7.28. The average molecular weight is 451 g/mol. The second kappa shape index (κ2) is 10.3. The van der Waals surface area contributed by atoms with E-state index in [2.05, 4.69) is 17.2 Å². The van der Waals surface area contributed by atoms with Crippen LogP contribution in [0, 0.1) is 11.8 Å². The molecule has 2 amide bonds. The molecular weight excluding hydrogens is 424 g/mol. The van der Waals surface area contributed by atoms with Gasteiger partial charge in [-0.25, -0.2) is 17.5 Å². The predicted octanol–water partition coefficient (Wildman–Crippen LogP) is 4.35. The minimum atomic E-state index is -4.03. The smallest absolute Gasteiger partial charge is 0.336 e. The maximum absolute atomic E-state index is 13.2. The van der Waals surface area contributed by atoms with Gasteiger partial charge in [-0.1, -0.05) is 60.4 Å². The zero-order valence-electron chi connectivity index (χ0n) is 18.3. The Balaban J connectivity index is 1.85. The number of nitrogens with zero attached hydrogens (tertiary/aromatic N) is 1. The summed E-state index contributed by atoms with van der Waals surface area (Å²) in [4.78, 5) is 12.6. The number of urea groups is 1. The third kappa shape index (κ3) is 5.47. The second-order valence-corrected chi connectivity index (χ2v) is 9.11. The minimum absolute atomic E-state index is 0.0355. The third-order valence-electron chi connectivity index (χ3n) is 5.04. The largest absolute Gasteiger partial charge is 0.378 e. The molecular formula is C25H26N2O4S. The highest BCUT2D eigenvalue weighted by molar-refractivity contribution is 7.90. The highest BCUT2D eigenvalue weighted by Gasteiger charge is 2.36. The van der Waals surface area contributed by atoms with Gasteiger partial charge in [0.1, 0.15) is 4.90 Å². The van der Waals surface area contributed by atoms with Crippen LogP contribution in [-0.2, 0) is 21.2 Å². The van der Waals surface area contributed by atoms with Crippen LogP contribution >= 0.6 is 0 Å². The number of ether oxygens (including phenoxy) is 1. The molecule has 0 bridgehead atoms. The quantitative estimate of drug-likeness (QED) is 0.524. The number of amides is 2. The zero-order valence-corrected chi connectivity index (χ0v) is 19.1. The molecule has 0 radical (unpaired) electrons. The maximum Gasteiger partial charge on any atom is 0.336 e. The molecule has 1 aliphatic rings. The van der Waals surface area contributed by atoms with E-state index in [4.69, 9.17) is 4.74 Å². The number of hydrogen-bond donors (Lipinski definition) is 1. The zero-order chi connectivity index (χ0) is 23.1. The van der Waals surface area contributed by atoms with Crippen molar-refractivity contribution in [2.24, 2.45) is 0 Å². The molecule has 166 valence electrons. The number of allylic oxidation sites excluding steroid dienone is 1. The summed E-state index contributed by atoms with van der Waals surface area (Å²) in [5.41, 5.74) is 2.58. The molecule has 1 aliphatic heterocycles. The maximum atomic E-state index is 13.2. The van der Waals surface area contributed by atoms with Crippen molar-refractivity contribution in [3.63, 3.8) is 0 Å². The van der Waals surface area contributed by atoms with E-state index in [-0.39, 0.29) is 23.2 Å². The molecule has 0 aliphatic carbocycles. The fraction of sp³-hybridized carbons (Fsp3) is 0.240. The number of carbonyl (C=O) groups excluding carboxylic acids is 1. The Morgan fingerprint density at radius 1 is 1.22 bits per heavy atom. The van der Waals surface area contributed by atoms with Gasteiger partial charge in [-0.15, -0.1) is 0 Å². The van der Waals surface area contributed by atoms with Gasteiger partial charge in [0, 0.05) is 19.1 Å². The number of benzene rings is 2. The topological polar surface area (TPSA) is 75.7 Å². The highest BCUT2D eigenvalue weighted by Crippen LogP contribution is 2.31. The fourth-order valence-electron chi connectivity index (χ4n) is 3.07. The molecule has 0 saturated carbocycles. The number of methoxy groups -OCH3 is 1. The molecule has 3 rings (SSSR count). The van der Waals surface area contributed by atoms with Gasteiger partial charge in [-0.3, -0.25) is 0 Å². The SMILES string of the molecule is C/C=C(\C=C/C(C)OC)CN1C(=O)Nc2ccc(C#CCc3ccccc3)cc2S1(=O)=O. The minimum Gasteiger partial charge on any atom is -0.378 e. The number of rotatable bonds is 6. The lowest BCUT2D eigenvalue weighted by molar-refractivity contribution is 0.156. The summed E-state index contributed by atoms with van der Waals surface area (Å²) in [7, 11) is -2.45. The fourth-order valence-corrected chi connectivity index (χ4v) is 4.56. The van der Waals surface area contributed by atoms with E-state index >= 15 is 0 Å². The molecule has 1 unspecified atom stereocenters. The van der Waals surface area contributed by atoms with E-state index in [1.165, 1.54) is 6.07 Å². The van der Waals surface area contributed by atoms with E-state index in [9.17, 15) is 13.2 Å². The van der Waals surface area contributed by atoms with Crippen molar-refractivity contribution >= 4 is 21.7 Å². The van der Waals surface area contributed by atoms with Crippen molar-refractivity contribution in [1.29, 1.82) is 0 Å². The van der Waals surface area contributed by atoms with Gasteiger partial charge in [0.25, 0.3) is 10.0 Å². The Morgan fingerprint density at radius 3 is 2.66 bits per heavy atom. The first kappa shape index (κ1) is 23.3. The summed E-state index contributed by atoms with van der Waals surface area (Å²) in [5.74, 6) is 6.09. The van der Waals surface area contributed by atoms with E-state index in [0.717, 1.165) is 9.87 Å². The normalized spacial score (nSPS) is 16.2. The van der Waals surface area contributed by atoms with Gasteiger partial charge in [-0.05, 0) is 43.2 Å². The van der Waals surface area contributed by atoms with Gasteiger partial charge in [0.05, 0.1) is 18.3 Å². The van der Waals surface area contributed by atoms with Crippen LogP contribution in [0.5, 0.6) is 0 Å². The number of anilines is 1. The molecule has 0 spiro atoms. The Hall–Kier alpha value is -3.34. The number of fused-ring (bicyclic) bond motifs is 1. The molecule has 0 saturated heterocycles. The summed E-state index contributed by atoms with van der Waals surface area (Å²) in [6, 6.07) is 13.9. The van der Waals surface area contributed by atoms with Crippen molar-refractivity contribution in [2.75, 3.05) is 19.0 Å². The van der Waals surface area contributed by atoms with E-state index in [1.807, 2.05) is 37.3 Å². The number of nitrogens with one attached hydrogen (secondary N) is 1. The van der Waals surface area contributed by atoms with Crippen molar-refractivity contribution < 1.29 is 17.9 Å². The molecule has 7 heteroatoms. The van der Waals surface area contributed by atoms with Crippen LogP contribution in [0.2, 0.25) is 0 Å². The molecule has 1 atom stereocenters. The van der Waals surface area contributed by atoms with Crippen LogP contribution in [0.25, 0.3) is 0 Å².